The number of aryl methyl sites for hydroxylation is 2. The Labute approximate surface area is 107 Å². The Morgan fingerprint density at radius 1 is 1.56 bits per heavy atom. The molecule has 1 rings (SSSR count). The third kappa shape index (κ3) is 3.32. The van der Waals surface area contributed by atoms with Gasteiger partial charge in [0.2, 0.25) is 5.82 Å². The normalized spacial score (nSPS) is 11.1. The van der Waals surface area contributed by atoms with E-state index in [1.165, 1.54) is 0 Å². The lowest BCUT2D eigenvalue weighted by Gasteiger charge is -2.03. The van der Waals surface area contributed by atoms with Gasteiger partial charge in [0, 0.05) is 13.6 Å². The van der Waals surface area contributed by atoms with Gasteiger partial charge in [-0.2, -0.15) is 5.10 Å². The lowest BCUT2D eigenvalue weighted by atomic mass is 10.2. The number of nitrogens with zero attached hydrogens (tertiary/aromatic N) is 3. The number of anilines is 1. The quantitative estimate of drug-likeness (QED) is 0.350. The highest BCUT2D eigenvalue weighted by Crippen LogP contribution is 2.28. The number of allylic oxidation sites excluding steroid dienone is 1. The maximum atomic E-state index is 11.1. The molecule has 0 saturated carbocycles. The van der Waals surface area contributed by atoms with Crippen LogP contribution in [0.3, 0.4) is 0 Å². The van der Waals surface area contributed by atoms with E-state index in [1.54, 1.807) is 11.7 Å². The van der Waals surface area contributed by atoms with Crippen molar-refractivity contribution >= 4 is 11.5 Å². The van der Waals surface area contributed by atoms with Crippen LogP contribution in [0.25, 0.3) is 0 Å². The Morgan fingerprint density at radius 3 is 2.83 bits per heavy atom. The summed E-state index contributed by atoms with van der Waals surface area (Å²) in [6.45, 7) is 4.60. The molecule has 100 valence electrons. The average Bonchev–Trinajstić information content (AvgIpc) is 2.62. The van der Waals surface area contributed by atoms with Gasteiger partial charge in [0.25, 0.3) is 0 Å². The molecule has 6 heteroatoms. The van der Waals surface area contributed by atoms with Crippen molar-refractivity contribution in [2.75, 3.05) is 11.9 Å². The predicted octanol–water partition coefficient (Wildman–Crippen LogP) is 2.66. The first kappa shape index (κ1) is 14.2. The van der Waals surface area contributed by atoms with Crippen LogP contribution in [-0.2, 0) is 13.5 Å². The molecule has 1 heterocycles. The number of nitro groups is 1. The molecule has 1 N–H and O–H groups in total. The fraction of sp³-hybridized carbons (Fsp3) is 0.583. The van der Waals surface area contributed by atoms with Crippen molar-refractivity contribution in [2.45, 2.75) is 33.1 Å². The van der Waals surface area contributed by atoms with Crippen molar-refractivity contribution in [3.63, 3.8) is 0 Å². The molecule has 6 nitrogen and oxygen atoms in total. The van der Waals surface area contributed by atoms with Crippen LogP contribution in [0.5, 0.6) is 0 Å². The topological polar surface area (TPSA) is 73.0 Å². The van der Waals surface area contributed by atoms with Gasteiger partial charge in [-0.25, -0.2) is 4.68 Å². The predicted molar refractivity (Wildman–Crippen MR) is 71.8 cm³/mol. The van der Waals surface area contributed by atoms with E-state index >= 15 is 0 Å². The first-order chi connectivity index (χ1) is 8.61. The molecule has 0 saturated heterocycles. The van der Waals surface area contributed by atoms with E-state index in [9.17, 15) is 10.1 Å². The molecule has 18 heavy (non-hydrogen) atoms. The van der Waals surface area contributed by atoms with Gasteiger partial charge in [0.1, 0.15) is 5.69 Å². The Morgan fingerprint density at radius 2 is 2.28 bits per heavy atom. The van der Waals surface area contributed by atoms with Crippen LogP contribution < -0.4 is 5.32 Å². The van der Waals surface area contributed by atoms with Gasteiger partial charge in [-0.05, 0) is 19.8 Å². The summed E-state index contributed by atoms with van der Waals surface area (Å²) < 4.78 is 1.55. The third-order valence-corrected chi connectivity index (χ3v) is 2.60. The van der Waals surface area contributed by atoms with Crippen molar-refractivity contribution in [1.82, 2.24) is 9.78 Å². The highest BCUT2D eigenvalue weighted by Gasteiger charge is 2.25. The molecule has 0 fully saturated rings. The van der Waals surface area contributed by atoms with E-state index in [-0.39, 0.29) is 10.6 Å². The Balaban J connectivity index is 2.90. The number of hydrogen-bond acceptors (Lipinski definition) is 4. The second-order valence-corrected chi connectivity index (χ2v) is 4.06. The van der Waals surface area contributed by atoms with E-state index in [4.69, 9.17) is 0 Å². The van der Waals surface area contributed by atoms with E-state index in [0.717, 1.165) is 12.8 Å². The van der Waals surface area contributed by atoms with Crippen LogP contribution >= 0.6 is 0 Å². The first-order valence-corrected chi connectivity index (χ1v) is 6.17. The summed E-state index contributed by atoms with van der Waals surface area (Å²) in [5.41, 5.74) is 0.665. The summed E-state index contributed by atoms with van der Waals surface area (Å²) >= 11 is 0. The Hall–Kier alpha value is -1.85. The van der Waals surface area contributed by atoms with Crippen molar-refractivity contribution in [3.8, 4) is 0 Å². The lowest BCUT2D eigenvalue weighted by molar-refractivity contribution is -0.384. The standard InChI is InChI=1S/C12H20N4O2/c1-4-6-7-9-13-12-11(16(17)18)10(8-5-2)14-15(12)3/h4,6,13H,5,7-9H2,1-3H3/b6-4+. The van der Waals surface area contributed by atoms with Crippen molar-refractivity contribution in [2.24, 2.45) is 7.05 Å². The molecule has 0 aliphatic heterocycles. The summed E-state index contributed by atoms with van der Waals surface area (Å²) in [4.78, 5) is 10.8. The molecule has 0 aliphatic rings. The molecule has 0 spiro atoms. The molecule has 0 radical (unpaired) electrons. The van der Waals surface area contributed by atoms with Gasteiger partial charge < -0.3 is 5.32 Å². The van der Waals surface area contributed by atoms with Crippen LogP contribution in [0.1, 0.15) is 32.4 Å². The van der Waals surface area contributed by atoms with Crippen LogP contribution in [0.15, 0.2) is 12.2 Å². The fourth-order valence-electron chi connectivity index (χ4n) is 1.80. The summed E-state index contributed by atoms with van der Waals surface area (Å²) in [5, 5.41) is 18.4. The highest BCUT2D eigenvalue weighted by molar-refractivity contribution is 5.59. The number of hydrogen-bond donors (Lipinski definition) is 1. The van der Waals surface area contributed by atoms with E-state index in [0.29, 0.717) is 24.5 Å². The van der Waals surface area contributed by atoms with Crippen LogP contribution in [-0.4, -0.2) is 21.2 Å². The van der Waals surface area contributed by atoms with E-state index in [1.807, 2.05) is 26.0 Å². The smallest absolute Gasteiger partial charge is 0.333 e. The molecule has 1 aromatic heterocycles. The minimum atomic E-state index is -0.351. The second kappa shape index (κ2) is 6.78. The molecule has 1 aromatic rings. The number of nitrogens with one attached hydrogen (secondary N) is 1. The number of aromatic nitrogens is 2. The van der Waals surface area contributed by atoms with Gasteiger partial charge in [-0.15, -0.1) is 0 Å². The summed E-state index contributed by atoms with van der Waals surface area (Å²) in [6, 6.07) is 0. The zero-order valence-electron chi connectivity index (χ0n) is 11.1. The minimum absolute atomic E-state index is 0.111. The summed E-state index contributed by atoms with van der Waals surface area (Å²) in [5.74, 6) is 0.493. The Kier molecular flexibility index (Phi) is 5.35. The SMILES string of the molecule is C/C=C/CCNc1c([N+](=O)[O-])c(CCC)nn1C. The molecule has 0 unspecified atom stereocenters. The maximum absolute atomic E-state index is 11.1. The maximum Gasteiger partial charge on any atom is 0.333 e. The molecule has 0 aromatic carbocycles. The van der Waals surface area contributed by atoms with Crippen LogP contribution in [0, 0.1) is 10.1 Å². The molecule has 0 aliphatic carbocycles. The third-order valence-electron chi connectivity index (χ3n) is 2.60. The van der Waals surface area contributed by atoms with Gasteiger partial charge in [0.05, 0.1) is 4.92 Å². The molecule has 0 bridgehead atoms. The highest BCUT2D eigenvalue weighted by atomic mass is 16.6. The van der Waals surface area contributed by atoms with Crippen LogP contribution in [0.2, 0.25) is 0 Å². The zero-order chi connectivity index (χ0) is 13.5. The molecule has 0 amide bonds. The van der Waals surface area contributed by atoms with Gasteiger partial charge in [-0.3, -0.25) is 10.1 Å². The largest absolute Gasteiger partial charge is 0.364 e. The van der Waals surface area contributed by atoms with Crippen molar-refractivity contribution in [3.05, 3.63) is 28.0 Å². The zero-order valence-corrected chi connectivity index (χ0v) is 11.1. The van der Waals surface area contributed by atoms with Crippen molar-refractivity contribution in [1.29, 1.82) is 0 Å². The molecular weight excluding hydrogens is 232 g/mol. The van der Waals surface area contributed by atoms with E-state index < -0.39 is 0 Å². The molecule has 0 atom stereocenters. The van der Waals surface area contributed by atoms with Crippen LogP contribution in [0.4, 0.5) is 11.5 Å². The van der Waals surface area contributed by atoms with Gasteiger partial charge >= 0.3 is 5.69 Å². The minimum Gasteiger partial charge on any atom is -0.364 e. The van der Waals surface area contributed by atoms with Crippen molar-refractivity contribution < 1.29 is 4.92 Å². The summed E-state index contributed by atoms with van der Waals surface area (Å²) in [7, 11) is 1.73. The summed E-state index contributed by atoms with van der Waals surface area (Å²) in [6.07, 6.45) is 6.28. The van der Waals surface area contributed by atoms with E-state index in [2.05, 4.69) is 10.4 Å². The lowest BCUT2D eigenvalue weighted by Crippen LogP contribution is -2.07. The Bertz CT molecular complexity index is 438. The fourth-order valence-corrected chi connectivity index (χ4v) is 1.80. The number of rotatable bonds is 7. The first-order valence-electron chi connectivity index (χ1n) is 6.17. The van der Waals surface area contributed by atoms with Gasteiger partial charge in [0.15, 0.2) is 0 Å². The molecular formula is C12H20N4O2. The average molecular weight is 252 g/mol. The monoisotopic (exact) mass is 252 g/mol. The van der Waals surface area contributed by atoms with Gasteiger partial charge in [-0.1, -0.05) is 25.5 Å². The second-order valence-electron chi connectivity index (χ2n) is 4.06.